The lowest BCUT2D eigenvalue weighted by molar-refractivity contribution is -0.00883. The van der Waals surface area contributed by atoms with Crippen LogP contribution in [-0.2, 0) is 0 Å². The van der Waals surface area contributed by atoms with Crippen molar-refractivity contribution in [3.05, 3.63) is 0 Å². The Morgan fingerprint density at radius 3 is 2.50 bits per heavy atom. The first kappa shape index (κ1) is 12.4. The summed E-state index contributed by atoms with van der Waals surface area (Å²) in [5.41, 5.74) is -0.324. The van der Waals surface area contributed by atoms with Crippen LogP contribution in [0.4, 0.5) is 0 Å². The molecule has 2 aliphatic rings. The van der Waals surface area contributed by atoms with Gasteiger partial charge < -0.3 is 5.11 Å². The molecule has 16 heavy (non-hydrogen) atoms. The lowest BCUT2D eigenvalue weighted by Crippen LogP contribution is -2.47. The van der Waals surface area contributed by atoms with Gasteiger partial charge in [0.15, 0.2) is 0 Å². The van der Waals surface area contributed by atoms with Crippen LogP contribution in [0.3, 0.4) is 0 Å². The zero-order valence-corrected chi connectivity index (χ0v) is 10.9. The summed E-state index contributed by atoms with van der Waals surface area (Å²) in [5, 5.41) is 10.5. The van der Waals surface area contributed by atoms with Crippen molar-refractivity contribution in [3.8, 4) is 0 Å². The Kier molecular flexibility index (Phi) is 3.91. The minimum atomic E-state index is -0.324. The van der Waals surface area contributed by atoms with Gasteiger partial charge in [-0.15, -0.1) is 0 Å². The number of hydrogen-bond acceptors (Lipinski definition) is 2. The van der Waals surface area contributed by atoms with Gasteiger partial charge in [0.25, 0.3) is 0 Å². The standard InChI is InChI=1S/C14H27NO/c1-12(2)15-10-6-3-7-13(15)11-14(16)8-4-5-9-14/h12-13,16H,3-11H2,1-2H3. The first-order valence-electron chi connectivity index (χ1n) is 7.09. The fourth-order valence-corrected chi connectivity index (χ4v) is 3.60. The molecule has 1 aliphatic heterocycles. The van der Waals surface area contributed by atoms with E-state index >= 15 is 0 Å². The Balaban J connectivity index is 1.95. The summed E-state index contributed by atoms with van der Waals surface area (Å²) in [5.74, 6) is 0. The van der Waals surface area contributed by atoms with Gasteiger partial charge >= 0.3 is 0 Å². The molecule has 0 aromatic heterocycles. The summed E-state index contributed by atoms with van der Waals surface area (Å²) >= 11 is 0. The van der Waals surface area contributed by atoms with Crippen molar-refractivity contribution in [1.29, 1.82) is 0 Å². The Hall–Kier alpha value is -0.0800. The summed E-state index contributed by atoms with van der Waals surface area (Å²) in [6.07, 6.45) is 9.53. The molecule has 0 aromatic rings. The summed E-state index contributed by atoms with van der Waals surface area (Å²) in [6.45, 7) is 5.81. The smallest absolute Gasteiger partial charge is 0.0662 e. The van der Waals surface area contributed by atoms with Gasteiger partial charge in [0.05, 0.1) is 5.60 Å². The molecule has 2 nitrogen and oxygen atoms in total. The van der Waals surface area contributed by atoms with Crippen molar-refractivity contribution < 1.29 is 5.11 Å². The number of nitrogens with zero attached hydrogens (tertiary/aromatic N) is 1. The SMILES string of the molecule is CC(C)N1CCCCC1CC1(O)CCCC1. The average molecular weight is 225 g/mol. The Bertz CT molecular complexity index is 221. The van der Waals surface area contributed by atoms with E-state index in [0.717, 1.165) is 19.3 Å². The minimum absolute atomic E-state index is 0.324. The Labute approximate surface area is 100 Å². The summed E-state index contributed by atoms with van der Waals surface area (Å²) < 4.78 is 0. The normalized spacial score (nSPS) is 31.1. The summed E-state index contributed by atoms with van der Waals surface area (Å²) in [6, 6.07) is 1.27. The molecule has 1 heterocycles. The van der Waals surface area contributed by atoms with Crippen molar-refractivity contribution in [2.45, 2.75) is 82.9 Å². The molecular weight excluding hydrogens is 198 g/mol. The number of aliphatic hydroxyl groups is 1. The van der Waals surface area contributed by atoms with Crippen molar-refractivity contribution in [3.63, 3.8) is 0 Å². The van der Waals surface area contributed by atoms with E-state index in [-0.39, 0.29) is 5.60 Å². The topological polar surface area (TPSA) is 23.5 Å². The van der Waals surface area contributed by atoms with Crippen LogP contribution >= 0.6 is 0 Å². The van der Waals surface area contributed by atoms with Gasteiger partial charge in [-0.05, 0) is 52.5 Å². The molecule has 1 saturated heterocycles. The molecule has 2 fully saturated rings. The van der Waals surface area contributed by atoms with E-state index in [0.29, 0.717) is 12.1 Å². The molecule has 0 radical (unpaired) electrons. The molecule has 1 unspecified atom stereocenters. The van der Waals surface area contributed by atoms with Gasteiger partial charge in [-0.3, -0.25) is 4.90 Å². The summed E-state index contributed by atoms with van der Waals surface area (Å²) in [7, 11) is 0. The van der Waals surface area contributed by atoms with E-state index < -0.39 is 0 Å². The largest absolute Gasteiger partial charge is 0.390 e. The van der Waals surface area contributed by atoms with Crippen LogP contribution in [0.2, 0.25) is 0 Å². The highest BCUT2D eigenvalue weighted by Gasteiger charge is 2.36. The van der Waals surface area contributed by atoms with E-state index in [4.69, 9.17) is 0 Å². The fraction of sp³-hybridized carbons (Fsp3) is 1.00. The van der Waals surface area contributed by atoms with Crippen molar-refractivity contribution in [2.75, 3.05) is 6.54 Å². The van der Waals surface area contributed by atoms with Gasteiger partial charge in [-0.1, -0.05) is 19.3 Å². The van der Waals surface area contributed by atoms with Crippen LogP contribution in [0.1, 0.15) is 65.2 Å². The third kappa shape index (κ3) is 2.78. The maximum Gasteiger partial charge on any atom is 0.0662 e. The van der Waals surface area contributed by atoms with Crippen LogP contribution < -0.4 is 0 Å². The monoisotopic (exact) mass is 225 g/mol. The van der Waals surface area contributed by atoms with E-state index in [1.54, 1.807) is 0 Å². The zero-order chi connectivity index (χ0) is 11.6. The van der Waals surface area contributed by atoms with Gasteiger partial charge in [0, 0.05) is 12.1 Å². The van der Waals surface area contributed by atoms with Gasteiger partial charge in [0.1, 0.15) is 0 Å². The first-order chi connectivity index (χ1) is 7.61. The van der Waals surface area contributed by atoms with E-state index in [1.165, 1.54) is 38.6 Å². The quantitative estimate of drug-likeness (QED) is 0.798. The van der Waals surface area contributed by atoms with E-state index in [1.807, 2.05) is 0 Å². The fourth-order valence-electron chi connectivity index (χ4n) is 3.60. The van der Waals surface area contributed by atoms with Crippen LogP contribution in [0, 0.1) is 0 Å². The second kappa shape index (κ2) is 5.05. The Morgan fingerprint density at radius 1 is 1.19 bits per heavy atom. The zero-order valence-electron chi connectivity index (χ0n) is 10.9. The third-order valence-corrected chi connectivity index (χ3v) is 4.49. The lowest BCUT2D eigenvalue weighted by atomic mass is 9.87. The maximum atomic E-state index is 10.5. The molecule has 94 valence electrons. The third-order valence-electron chi connectivity index (χ3n) is 4.49. The second-order valence-corrected chi connectivity index (χ2v) is 6.12. The van der Waals surface area contributed by atoms with E-state index in [2.05, 4.69) is 18.7 Å². The van der Waals surface area contributed by atoms with E-state index in [9.17, 15) is 5.11 Å². The van der Waals surface area contributed by atoms with Crippen molar-refractivity contribution in [2.24, 2.45) is 0 Å². The minimum Gasteiger partial charge on any atom is -0.390 e. The highest BCUT2D eigenvalue weighted by Crippen LogP contribution is 2.36. The molecule has 1 N–H and O–H groups in total. The molecule has 2 rings (SSSR count). The average Bonchev–Trinajstić information content (AvgIpc) is 2.65. The first-order valence-corrected chi connectivity index (χ1v) is 7.09. The highest BCUT2D eigenvalue weighted by molar-refractivity contribution is 4.91. The maximum absolute atomic E-state index is 10.5. The molecule has 1 saturated carbocycles. The molecule has 0 amide bonds. The molecule has 1 aliphatic carbocycles. The number of likely N-dealkylation sites (tertiary alicyclic amines) is 1. The van der Waals surface area contributed by atoms with Crippen molar-refractivity contribution >= 4 is 0 Å². The highest BCUT2D eigenvalue weighted by atomic mass is 16.3. The molecule has 0 spiro atoms. The second-order valence-electron chi connectivity index (χ2n) is 6.12. The van der Waals surface area contributed by atoms with Crippen molar-refractivity contribution in [1.82, 2.24) is 4.90 Å². The van der Waals surface area contributed by atoms with Crippen LogP contribution in [0.25, 0.3) is 0 Å². The van der Waals surface area contributed by atoms with Crippen LogP contribution in [0.5, 0.6) is 0 Å². The van der Waals surface area contributed by atoms with Gasteiger partial charge in [-0.25, -0.2) is 0 Å². The molecule has 0 bridgehead atoms. The predicted molar refractivity (Wildman–Crippen MR) is 67.5 cm³/mol. The van der Waals surface area contributed by atoms with Gasteiger partial charge in [-0.2, -0.15) is 0 Å². The van der Waals surface area contributed by atoms with Crippen LogP contribution in [0.15, 0.2) is 0 Å². The van der Waals surface area contributed by atoms with Gasteiger partial charge in [0.2, 0.25) is 0 Å². The predicted octanol–water partition coefficient (Wildman–Crippen LogP) is 2.94. The number of hydrogen-bond donors (Lipinski definition) is 1. The molecular formula is C14H27NO. The number of piperidine rings is 1. The molecule has 0 aromatic carbocycles. The molecule has 2 heteroatoms. The lowest BCUT2D eigenvalue weighted by Gasteiger charge is -2.41. The Morgan fingerprint density at radius 2 is 1.88 bits per heavy atom. The van der Waals surface area contributed by atoms with Crippen LogP contribution in [-0.4, -0.2) is 34.2 Å². The number of rotatable bonds is 3. The summed E-state index contributed by atoms with van der Waals surface area (Å²) in [4.78, 5) is 2.61. The molecule has 1 atom stereocenters.